The maximum Gasteiger partial charge on any atom is 0.156 e. The number of hydrogen-bond acceptors (Lipinski definition) is 4. The minimum absolute atomic E-state index is 0.0741. The van der Waals surface area contributed by atoms with Crippen molar-refractivity contribution in [2.75, 3.05) is 6.54 Å². The first-order valence-electron chi connectivity index (χ1n) is 4.62. The SMILES string of the molecule is Cc1cc(C2NCCCC2O)on1. The van der Waals surface area contributed by atoms with Gasteiger partial charge in [-0.15, -0.1) is 0 Å². The Morgan fingerprint density at radius 2 is 2.54 bits per heavy atom. The van der Waals surface area contributed by atoms with E-state index in [1.165, 1.54) is 0 Å². The van der Waals surface area contributed by atoms with Crippen molar-refractivity contribution in [3.05, 3.63) is 17.5 Å². The second-order valence-electron chi connectivity index (χ2n) is 3.51. The van der Waals surface area contributed by atoms with Crippen LogP contribution in [0.4, 0.5) is 0 Å². The molecule has 4 nitrogen and oxygen atoms in total. The summed E-state index contributed by atoms with van der Waals surface area (Å²) in [5.74, 6) is 0.740. The summed E-state index contributed by atoms with van der Waals surface area (Å²) in [6.45, 7) is 2.81. The van der Waals surface area contributed by atoms with Crippen LogP contribution in [0, 0.1) is 6.92 Å². The molecule has 1 aliphatic rings. The van der Waals surface area contributed by atoms with E-state index in [-0.39, 0.29) is 12.1 Å². The third kappa shape index (κ3) is 1.73. The summed E-state index contributed by atoms with van der Waals surface area (Å²) in [5, 5.41) is 16.7. The highest BCUT2D eigenvalue weighted by Gasteiger charge is 2.27. The summed E-state index contributed by atoms with van der Waals surface area (Å²) in [5.41, 5.74) is 0.856. The van der Waals surface area contributed by atoms with E-state index >= 15 is 0 Å². The van der Waals surface area contributed by atoms with Crippen molar-refractivity contribution < 1.29 is 9.63 Å². The van der Waals surface area contributed by atoms with E-state index < -0.39 is 0 Å². The molecule has 0 aliphatic carbocycles. The third-order valence-electron chi connectivity index (χ3n) is 2.38. The van der Waals surface area contributed by atoms with Crippen LogP contribution in [-0.4, -0.2) is 22.9 Å². The van der Waals surface area contributed by atoms with Crippen LogP contribution in [0.3, 0.4) is 0 Å². The van der Waals surface area contributed by atoms with Crippen molar-refractivity contribution in [2.45, 2.75) is 31.9 Å². The zero-order valence-corrected chi connectivity index (χ0v) is 7.66. The first-order valence-corrected chi connectivity index (χ1v) is 4.62. The zero-order chi connectivity index (χ0) is 9.26. The molecule has 1 aliphatic heterocycles. The van der Waals surface area contributed by atoms with Crippen LogP contribution >= 0.6 is 0 Å². The molecule has 2 N–H and O–H groups in total. The number of aromatic nitrogens is 1. The molecule has 1 fully saturated rings. The molecule has 72 valence electrons. The van der Waals surface area contributed by atoms with E-state index in [1.807, 2.05) is 13.0 Å². The Morgan fingerprint density at radius 3 is 3.15 bits per heavy atom. The van der Waals surface area contributed by atoms with Crippen LogP contribution in [0.15, 0.2) is 10.6 Å². The van der Waals surface area contributed by atoms with Gasteiger partial charge in [0.2, 0.25) is 0 Å². The van der Waals surface area contributed by atoms with E-state index in [9.17, 15) is 5.11 Å². The van der Waals surface area contributed by atoms with Gasteiger partial charge < -0.3 is 14.9 Å². The monoisotopic (exact) mass is 182 g/mol. The van der Waals surface area contributed by atoms with Crippen LogP contribution < -0.4 is 5.32 Å². The van der Waals surface area contributed by atoms with Gasteiger partial charge in [-0.3, -0.25) is 0 Å². The van der Waals surface area contributed by atoms with Crippen LogP contribution in [0.1, 0.15) is 30.3 Å². The minimum Gasteiger partial charge on any atom is -0.391 e. The number of hydrogen-bond donors (Lipinski definition) is 2. The van der Waals surface area contributed by atoms with Gasteiger partial charge in [0.25, 0.3) is 0 Å². The minimum atomic E-state index is -0.346. The molecule has 1 saturated heterocycles. The quantitative estimate of drug-likeness (QED) is 0.673. The van der Waals surface area contributed by atoms with Crippen molar-refractivity contribution in [1.82, 2.24) is 10.5 Å². The Labute approximate surface area is 76.9 Å². The van der Waals surface area contributed by atoms with Crippen molar-refractivity contribution >= 4 is 0 Å². The largest absolute Gasteiger partial charge is 0.391 e. The Kier molecular flexibility index (Phi) is 2.33. The Morgan fingerprint density at radius 1 is 1.69 bits per heavy atom. The molecule has 2 heterocycles. The lowest BCUT2D eigenvalue weighted by atomic mass is 9.99. The second-order valence-corrected chi connectivity index (χ2v) is 3.51. The highest BCUT2D eigenvalue weighted by Crippen LogP contribution is 2.23. The molecular weight excluding hydrogens is 168 g/mol. The van der Waals surface area contributed by atoms with E-state index in [0.717, 1.165) is 30.8 Å². The molecule has 2 atom stereocenters. The lowest BCUT2D eigenvalue weighted by molar-refractivity contribution is 0.0831. The van der Waals surface area contributed by atoms with Crippen LogP contribution in [0.5, 0.6) is 0 Å². The Balaban J connectivity index is 2.14. The van der Waals surface area contributed by atoms with Crippen LogP contribution in [-0.2, 0) is 0 Å². The molecule has 2 rings (SSSR count). The topological polar surface area (TPSA) is 58.3 Å². The maximum atomic E-state index is 9.68. The van der Waals surface area contributed by atoms with Crippen molar-refractivity contribution in [2.24, 2.45) is 0 Å². The van der Waals surface area contributed by atoms with E-state index in [0.29, 0.717) is 0 Å². The molecule has 0 bridgehead atoms. The lowest BCUT2D eigenvalue weighted by Crippen LogP contribution is -2.37. The normalized spacial score (nSPS) is 29.1. The van der Waals surface area contributed by atoms with Crippen molar-refractivity contribution in [3.8, 4) is 0 Å². The predicted octanol–water partition coefficient (Wildman–Crippen LogP) is 0.768. The third-order valence-corrected chi connectivity index (χ3v) is 2.38. The fourth-order valence-electron chi connectivity index (χ4n) is 1.69. The fourth-order valence-corrected chi connectivity index (χ4v) is 1.69. The molecule has 0 amide bonds. The highest BCUT2D eigenvalue weighted by molar-refractivity contribution is 5.10. The van der Waals surface area contributed by atoms with Gasteiger partial charge in [-0.2, -0.15) is 0 Å². The molecule has 1 aromatic rings. The van der Waals surface area contributed by atoms with Gasteiger partial charge >= 0.3 is 0 Å². The number of rotatable bonds is 1. The molecule has 13 heavy (non-hydrogen) atoms. The summed E-state index contributed by atoms with van der Waals surface area (Å²) in [4.78, 5) is 0. The second kappa shape index (κ2) is 3.47. The number of aliphatic hydroxyl groups is 1. The van der Waals surface area contributed by atoms with Gasteiger partial charge in [0, 0.05) is 6.07 Å². The number of aliphatic hydroxyl groups excluding tert-OH is 1. The van der Waals surface area contributed by atoms with E-state index in [2.05, 4.69) is 10.5 Å². The molecule has 0 radical (unpaired) electrons. The summed E-state index contributed by atoms with van der Waals surface area (Å²) in [6.07, 6.45) is 1.50. The highest BCUT2D eigenvalue weighted by atomic mass is 16.5. The molecular formula is C9H14N2O2. The number of nitrogens with one attached hydrogen (secondary N) is 1. The van der Waals surface area contributed by atoms with Crippen molar-refractivity contribution in [3.63, 3.8) is 0 Å². The summed E-state index contributed by atoms with van der Waals surface area (Å²) >= 11 is 0. The lowest BCUT2D eigenvalue weighted by Gasteiger charge is -2.26. The van der Waals surface area contributed by atoms with Gasteiger partial charge in [-0.1, -0.05) is 5.16 Å². The Hall–Kier alpha value is -0.870. The summed E-state index contributed by atoms with van der Waals surface area (Å²) in [6, 6.07) is 1.79. The van der Waals surface area contributed by atoms with Crippen LogP contribution in [0.25, 0.3) is 0 Å². The van der Waals surface area contributed by atoms with Gasteiger partial charge in [0.1, 0.15) is 0 Å². The smallest absolute Gasteiger partial charge is 0.156 e. The summed E-state index contributed by atoms with van der Waals surface area (Å²) < 4.78 is 5.10. The molecule has 4 heteroatoms. The first kappa shape index (κ1) is 8.72. The fraction of sp³-hybridized carbons (Fsp3) is 0.667. The zero-order valence-electron chi connectivity index (χ0n) is 7.66. The molecule has 0 saturated carbocycles. The average Bonchev–Trinajstić information content (AvgIpc) is 2.53. The van der Waals surface area contributed by atoms with Crippen molar-refractivity contribution in [1.29, 1.82) is 0 Å². The van der Waals surface area contributed by atoms with Crippen LogP contribution in [0.2, 0.25) is 0 Å². The molecule has 0 aromatic carbocycles. The number of piperidine rings is 1. The average molecular weight is 182 g/mol. The first-order chi connectivity index (χ1) is 6.27. The maximum absolute atomic E-state index is 9.68. The molecule has 0 spiro atoms. The molecule has 1 aromatic heterocycles. The van der Waals surface area contributed by atoms with Gasteiger partial charge in [-0.25, -0.2) is 0 Å². The van der Waals surface area contributed by atoms with E-state index in [1.54, 1.807) is 0 Å². The summed E-state index contributed by atoms with van der Waals surface area (Å²) in [7, 11) is 0. The molecule has 2 unspecified atom stereocenters. The van der Waals surface area contributed by atoms with Gasteiger partial charge in [0.05, 0.1) is 17.8 Å². The van der Waals surface area contributed by atoms with Gasteiger partial charge in [-0.05, 0) is 26.3 Å². The number of nitrogens with zero attached hydrogens (tertiary/aromatic N) is 1. The van der Waals surface area contributed by atoms with E-state index in [4.69, 9.17) is 4.52 Å². The predicted molar refractivity (Wildman–Crippen MR) is 47.2 cm³/mol. The van der Waals surface area contributed by atoms with Gasteiger partial charge in [0.15, 0.2) is 5.76 Å². The standard InChI is InChI=1S/C9H14N2O2/c1-6-5-8(13-11-6)9-7(12)3-2-4-10-9/h5,7,9-10,12H,2-4H2,1H3. The Bertz CT molecular complexity index is 285. The number of aryl methyl sites for hydroxylation is 1.